The number of benzene rings is 3. The highest BCUT2D eigenvalue weighted by Crippen LogP contribution is 2.29. The van der Waals surface area contributed by atoms with Gasteiger partial charge in [0, 0.05) is 30.2 Å². The van der Waals surface area contributed by atoms with Gasteiger partial charge in [0.15, 0.2) is 0 Å². The highest BCUT2D eigenvalue weighted by Gasteiger charge is 2.29. The minimum absolute atomic E-state index is 0.325. The largest absolute Gasteiger partial charge is 0.253 e. The maximum Gasteiger partial charge on any atom is 0.243 e. The monoisotopic (exact) mass is 542 g/mol. The lowest BCUT2D eigenvalue weighted by molar-refractivity contribution is 0.273. The van der Waals surface area contributed by atoms with Crippen molar-refractivity contribution in [2.24, 2.45) is 11.0 Å². The van der Waals surface area contributed by atoms with Gasteiger partial charge in [0.2, 0.25) is 15.2 Å². The Morgan fingerprint density at radius 2 is 1.63 bits per heavy atom. The second-order valence-corrected chi connectivity index (χ2v) is 12.1. The molecular weight excluding hydrogens is 512 g/mol. The van der Waals surface area contributed by atoms with E-state index in [0.29, 0.717) is 29.0 Å². The van der Waals surface area contributed by atoms with E-state index < -0.39 is 10.0 Å². The quantitative estimate of drug-likeness (QED) is 0.192. The third-order valence-electron chi connectivity index (χ3n) is 6.64. The summed E-state index contributed by atoms with van der Waals surface area (Å²) in [5.41, 5.74) is 7.00. The molecule has 1 saturated heterocycles. The second-order valence-electron chi connectivity index (χ2n) is 9.26. The number of thiazole rings is 1. The molecule has 1 aromatic heterocycles. The summed E-state index contributed by atoms with van der Waals surface area (Å²) in [5, 5.41) is 6.79. The van der Waals surface area contributed by atoms with Gasteiger partial charge in [0.25, 0.3) is 0 Å². The molecule has 1 N–H and O–H groups in total. The second kappa shape index (κ2) is 12.3. The van der Waals surface area contributed by atoms with Crippen molar-refractivity contribution >= 4 is 38.8 Å². The Kier molecular flexibility index (Phi) is 8.43. The lowest BCUT2D eigenvalue weighted by atomic mass is 9.91. The first-order chi connectivity index (χ1) is 18.6. The zero-order valence-electron chi connectivity index (χ0n) is 21.0. The molecule has 1 fully saturated rings. The summed E-state index contributed by atoms with van der Waals surface area (Å²) in [5.74, 6) is 0.517. The van der Waals surface area contributed by atoms with Crippen LogP contribution in [0, 0.1) is 5.92 Å². The Morgan fingerprint density at radius 1 is 0.947 bits per heavy atom. The maximum absolute atomic E-state index is 13.2. The number of nitrogens with zero attached hydrogens (tertiary/aromatic N) is 3. The van der Waals surface area contributed by atoms with E-state index in [1.807, 2.05) is 66.1 Å². The van der Waals surface area contributed by atoms with Gasteiger partial charge in [0.05, 0.1) is 10.6 Å². The highest BCUT2D eigenvalue weighted by molar-refractivity contribution is 7.89. The third-order valence-corrected chi connectivity index (χ3v) is 9.30. The van der Waals surface area contributed by atoms with Gasteiger partial charge in [0.1, 0.15) is 0 Å². The molecule has 194 valence electrons. The SMILES string of the molecule is O=S(=O)(c1ccc(-c2csc(NN=CC=Cc3ccccc3)n2)cc1)N1CCC(Cc2ccccc2)CC1. The Labute approximate surface area is 228 Å². The predicted molar refractivity (Wildman–Crippen MR) is 157 cm³/mol. The van der Waals surface area contributed by atoms with Crippen LogP contribution in [0.15, 0.2) is 106 Å². The molecule has 0 amide bonds. The van der Waals surface area contributed by atoms with Gasteiger partial charge < -0.3 is 0 Å². The maximum atomic E-state index is 13.2. The lowest BCUT2D eigenvalue weighted by Crippen LogP contribution is -2.38. The normalized spacial score (nSPS) is 15.4. The van der Waals surface area contributed by atoms with Crippen LogP contribution < -0.4 is 5.43 Å². The summed E-state index contributed by atoms with van der Waals surface area (Å²) >= 11 is 1.45. The number of hydrogen-bond acceptors (Lipinski definition) is 6. The Morgan fingerprint density at radius 3 is 2.34 bits per heavy atom. The molecule has 0 unspecified atom stereocenters. The number of sulfonamides is 1. The minimum Gasteiger partial charge on any atom is -0.253 e. The number of hydrazone groups is 1. The molecule has 0 aliphatic carbocycles. The molecule has 8 heteroatoms. The van der Waals surface area contributed by atoms with Gasteiger partial charge >= 0.3 is 0 Å². The van der Waals surface area contributed by atoms with E-state index in [1.165, 1.54) is 16.9 Å². The van der Waals surface area contributed by atoms with Crippen LogP contribution >= 0.6 is 11.3 Å². The fourth-order valence-corrected chi connectivity index (χ4v) is 6.70. The van der Waals surface area contributed by atoms with E-state index in [2.05, 4.69) is 39.8 Å². The Hall–Kier alpha value is -3.59. The lowest BCUT2D eigenvalue weighted by Gasteiger charge is -2.31. The number of nitrogens with one attached hydrogen (secondary N) is 1. The molecule has 38 heavy (non-hydrogen) atoms. The molecule has 0 atom stereocenters. The van der Waals surface area contributed by atoms with Gasteiger partial charge in [-0.2, -0.15) is 9.41 Å². The molecule has 5 rings (SSSR count). The molecule has 0 spiro atoms. The Bertz CT molecular complexity index is 1470. The minimum atomic E-state index is -3.51. The molecule has 0 bridgehead atoms. The number of anilines is 1. The van der Waals surface area contributed by atoms with Crippen molar-refractivity contribution in [3.05, 3.63) is 108 Å². The van der Waals surface area contributed by atoms with Crippen molar-refractivity contribution in [2.45, 2.75) is 24.2 Å². The van der Waals surface area contributed by atoms with Gasteiger partial charge in [-0.25, -0.2) is 13.4 Å². The number of rotatable bonds is 9. The van der Waals surface area contributed by atoms with Crippen LogP contribution in [0.25, 0.3) is 17.3 Å². The molecule has 2 heterocycles. The van der Waals surface area contributed by atoms with E-state index in [4.69, 9.17) is 0 Å². The summed E-state index contributed by atoms with van der Waals surface area (Å²) in [6, 6.07) is 27.4. The predicted octanol–water partition coefficient (Wildman–Crippen LogP) is 6.56. The molecule has 1 aliphatic heterocycles. The van der Waals surface area contributed by atoms with Crippen LogP contribution in [0.4, 0.5) is 5.13 Å². The first-order valence-electron chi connectivity index (χ1n) is 12.7. The highest BCUT2D eigenvalue weighted by atomic mass is 32.2. The van der Waals surface area contributed by atoms with Crippen molar-refractivity contribution in [1.82, 2.24) is 9.29 Å². The van der Waals surface area contributed by atoms with Crippen LogP contribution in [0.2, 0.25) is 0 Å². The average Bonchev–Trinajstić information content (AvgIpc) is 3.43. The number of aromatic nitrogens is 1. The molecule has 6 nitrogen and oxygen atoms in total. The first-order valence-corrected chi connectivity index (χ1v) is 15.0. The van der Waals surface area contributed by atoms with Crippen molar-refractivity contribution in [2.75, 3.05) is 18.5 Å². The van der Waals surface area contributed by atoms with Gasteiger partial charge in [-0.1, -0.05) is 78.9 Å². The molecular formula is C30H30N4O2S2. The zero-order chi connectivity index (χ0) is 26.2. The van der Waals surface area contributed by atoms with Crippen LogP contribution in [0.5, 0.6) is 0 Å². The third kappa shape index (κ3) is 6.64. The van der Waals surface area contributed by atoms with Gasteiger partial charge in [-0.15, -0.1) is 11.3 Å². The van der Waals surface area contributed by atoms with Crippen LogP contribution in [-0.2, 0) is 16.4 Å². The standard InChI is InChI=1S/C30H30N4O2S2/c35-38(36,34-20-17-26(18-21-34)22-25-10-5-2-6-11-25)28-15-13-27(14-16-28)29-23-37-30(32-29)33-31-19-7-12-24-8-3-1-4-9-24/h1-16,19,23,26H,17-18,20-22H2,(H,32,33). The van der Waals surface area contributed by atoms with E-state index in [9.17, 15) is 8.42 Å². The molecule has 3 aromatic carbocycles. The van der Waals surface area contributed by atoms with E-state index in [1.54, 1.807) is 22.7 Å². The summed E-state index contributed by atoms with van der Waals surface area (Å²) in [6.07, 6.45) is 8.28. The fourth-order valence-electron chi connectivity index (χ4n) is 4.56. The topological polar surface area (TPSA) is 74.7 Å². The number of hydrogen-bond donors (Lipinski definition) is 1. The summed E-state index contributed by atoms with van der Waals surface area (Å²) in [7, 11) is -3.51. The Balaban J connectivity index is 1.15. The average molecular weight is 543 g/mol. The molecule has 0 saturated carbocycles. The van der Waals surface area contributed by atoms with Gasteiger partial charge in [-0.05, 0) is 54.5 Å². The molecule has 1 aliphatic rings. The van der Waals surface area contributed by atoms with Crippen LogP contribution in [-0.4, -0.2) is 37.0 Å². The molecule has 4 aromatic rings. The molecule has 0 radical (unpaired) electrons. The smallest absolute Gasteiger partial charge is 0.243 e. The number of allylic oxidation sites excluding steroid dienone is 1. The van der Waals surface area contributed by atoms with E-state index in [-0.39, 0.29) is 0 Å². The van der Waals surface area contributed by atoms with Crippen molar-refractivity contribution in [3.8, 4) is 11.3 Å². The first kappa shape index (κ1) is 26.0. The zero-order valence-corrected chi connectivity index (χ0v) is 22.6. The van der Waals surface area contributed by atoms with E-state index in [0.717, 1.165) is 36.1 Å². The van der Waals surface area contributed by atoms with Gasteiger partial charge in [-0.3, -0.25) is 5.43 Å². The van der Waals surface area contributed by atoms with Crippen LogP contribution in [0.3, 0.4) is 0 Å². The van der Waals surface area contributed by atoms with Crippen molar-refractivity contribution in [3.63, 3.8) is 0 Å². The summed E-state index contributed by atoms with van der Waals surface area (Å²) in [6.45, 7) is 1.12. The van der Waals surface area contributed by atoms with Crippen molar-refractivity contribution < 1.29 is 8.42 Å². The summed E-state index contributed by atoms with van der Waals surface area (Å²) in [4.78, 5) is 4.90. The van der Waals surface area contributed by atoms with Crippen molar-refractivity contribution in [1.29, 1.82) is 0 Å². The fraction of sp³-hybridized carbons (Fsp3) is 0.200. The number of piperidine rings is 1. The van der Waals surface area contributed by atoms with E-state index >= 15 is 0 Å². The van der Waals surface area contributed by atoms with Crippen LogP contribution in [0.1, 0.15) is 24.0 Å². The summed E-state index contributed by atoms with van der Waals surface area (Å²) < 4.78 is 28.1.